The lowest BCUT2D eigenvalue weighted by Crippen LogP contribution is -2.10. The highest BCUT2D eigenvalue weighted by molar-refractivity contribution is 5.80. The Morgan fingerprint density at radius 2 is 2.18 bits per heavy atom. The molecule has 0 bridgehead atoms. The summed E-state index contributed by atoms with van der Waals surface area (Å²) >= 11 is 0. The lowest BCUT2D eigenvalue weighted by molar-refractivity contribution is 0.00221. The monoisotopic (exact) mass is 297 g/mol. The quantitative estimate of drug-likeness (QED) is 0.722. The van der Waals surface area contributed by atoms with Crippen LogP contribution in [-0.4, -0.2) is 21.4 Å². The molecule has 1 unspecified atom stereocenters. The third kappa shape index (κ3) is 2.22. The fraction of sp³-hybridized carbons (Fsp3) is 0.412. The smallest absolute Gasteiger partial charge is 0.152 e. The maximum absolute atomic E-state index is 6.01. The molecular formula is C17H19N3O2. The lowest BCUT2D eigenvalue weighted by atomic mass is 10.1. The Kier molecular flexibility index (Phi) is 3.22. The molecule has 1 fully saturated rings. The topological polar surface area (TPSA) is 53.1 Å². The Morgan fingerprint density at radius 1 is 1.27 bits per heavy atom. The van der Waals surface area contributed by atoms with Crippen LogP contribution in [-0.2, 0) is 11.8 Å². The number of fused-ring (bicyclic) bond motifs is 1. The van der Waals surface area contributed by atoms with Crippen LogP contribution >= 0.6 is 0 Å². The van der Waals surface area contributed by atoms with Crippen LogP contribution in [0.15, 0.2) is 28.8 Å². The Balaban J connectivity index is 1.71. The van der Waals surface area contributed by atoms with Gasteiger partial charge in [-0.2, -0.15) is 5.10 Å². The van der Waals surface area contributed by atoms with Gasteiger partial charge in [0.1, 0.15) is 23.1 Å². The molecule has 4 heterocycles. The minimum atomic E-state index is 0.0886. The zero-order chi connectivity index (χ0) is 15.1. The molecule has 1 aliphatic heterocycles. The summed E-state index contributed by atoms with van der Waals surface area (Å²) < 4.78 is 13.6. The first-order valence-electron chi connectivity index (χ1n) is 7.73. The molecule has 0 N–H and O–H groups in total. The van der Waals surface area contributed by atoms with Crippen molar-refractivity contribution >= 4 is 11.0 Å². The molecule has 0 aliphatic carbocycles. The summed E-state index contributed by atoms with van der Waals surface area (Å²) in [5.41, 5.74) is 3.95. The van der Waals surface area contributed by atoms with Gasteiger partial charge in [-0.05, 0) is 49.9 Å². The minimum Gasteiger partial charge on any atom is -0.457 e. The number of aromatic nitrogens is 3. The van der Waals surface area contributed by atoms with Crippen molar-refractivity contribution in [3.63, 3.8) is 0 Å². The van der Waals surface area contributed by atoms with Crippen LogP contribution in [0.5, 0.6) is 0 Å². The van der Waals surface area contributed by atoms with E-state index in [1.165, 1.54) is 6.42 Å². The molecule has 0 amide bonds. The van der Waals surface area contributed by atoms with Crippen molar-refractivity contribution in [1.82, 2.24) is 14.8 Å². The van der Waals surface area contributed by atoms with Gasteiger partial charge in [0.25, 0.3) is 0 Å². The summed E-state index contributed by atoms with van der Waals surface area (Å²) in [7, 11) is 1.93. The van der Waals surface area contributed by atoms with Crippen LogP contribution < -0.4 is 0 Å². The fourth-order valence-corrected chi connectivity index (χ4v) is 3.16. The highest BCUT2D eigenvalue weighted by Crippen LogP contribution is 2.32. The molecule has 0 spiro atoms. The summed E-state index contributed by atoms with van der Waals surface area (Å²) in [5.74, 6) is 1.69. The van der Waals surface area contributed by atoms with Gasteiger partial charge in [0.2, 0.25) is 0 Å². The number of nitrogens with zero attached hydrogens (tertiary/aromatic N) is 3. The molecule has 114 valence electrons. The van der Waals surface area contributed by atoms with E-state index < -0.39 is 0 Å². The van der Waals surface area contributed by atoms with Crippen molar-refractivity contribution in [2.45, 2.75) is 32.3 Å². The van der Waals surface area contributed by atoms with E-state index >= 15 is 0 Å². The average Bonchev–Trinajstić information content (AvgIpc) is 3.16. The molecule has 1 saturated heterocycles. The molecule has 0 aromatic carbocycles. The summed E-state index contributed by atoms with van der Waals surface area (Å²) in [5, 5.41) is 4.27. The Morgan fingerprint density at radius 3 is 3.00 bits per heavy atom. The summed E-state index contributed by atoms with van der Waals surface area (Å²) in [6.07, 6.45) is 5.24. The zero-order valence-corrected chi connectivity index (χ0v) is 12.9. The third-order valence-electron chi connectivity index (χ3n) is 4.26. The predicted molar refractivity (Wildman–Crippen MR) is 83.5 cm³/mol. The van der Waals surface area contributed by atoms with Crippen LogP contribution in [0.4, 0.5) is 0 Å². The lowest BCUT2D eigenvalue weighted by Gasteiger charge is -2.20. The molecule has 0 radical (unpaired) electrons. The van der Waals surface area contributed by atoms with Gasteiger partial charge in [-0.15, -0.1) is 0 Å². The SMILES string of the molecule is Cc1cc(-c2ccc(C3CCCCO3)o2)nc2cnn(C)c12. The second-order valence-corrected chi connectivity index (χ2v) is 5.88. The summed E-state index contributed by atoms with van der Waals surface area (Å²) in [6.45, 7) is 2.89. The Hall–Kier alpha value is -2.14. The second kappa shape index (κ2) is 5.25. The molecule has 1 atom stereocenters. The maximum Gasteiger partial charge on any atom is 0.152 e. The van der Waals surface area contributed by atoms with Gasteiger partial charge < -0.3 is 9.15 Å². The zero-order valence-electron chi connectivity index (χ0n) is 12.9. The van der Waals surface area contributed by atoms with Crippen LogP contribution in [0.2, 0.25) is 0 Å². The number of aryl methyl sites for hydroxylation is 2. The standard InChI is InChI=1S/C17H19N3O2/c1-11-9-12(19-13-10-18-20(2)17(11)13)14-6-7-16(22-14)15-5-3-4-8-21-15/h6-7,9-10,15H,3-5,8H2,1-2H3. The van der Waals surface area contributed by atoms with E-state index in [9.17, 15) is 0 Å². The Bertz CT molecular complexity index is 813. The van der Waals surface area contributed by atoms with Gasteiger partial charge in [0, 0.05) is 13.7 Å². The molecule has 5 nitrogen and oxygen atoms in total. The van der Waals surface area contributed by atoms with E-state index in [1.807, 2.05) is 29.9 Å². The van der Waals surface area contributed by atoms with Crippen molar-refractivity contribution in [3.8, 4) is 11.5 Å². The average molecular weight is 297 g/mol. The fourth-order valence-electron chi connectivity index (χ4n) is 3.16. The number of furan rings is 1. The van der Waals surface area contributed by atoms with Gasteiger partial charge in [-0.3, -0.25) is 4.68 Å². The number of rotatable bonds is 2. The van der Waals surface area contributed by atoms with Crippen LogP contribution in [0.25, 0.3) is 22.5 Å². The van der Waals surface area contributed by atoms with Gasteiger partial charge >= 0.3 is 0 Å². The highest BCUT2D eigenvalue weighted by atomic mass is 16.5. The molecule has 0 saturated carbocycles. The van der Waals surface area contributed by atoms with E-state index in [-0.39, 0.29) is 6.10 Å². The van der Waals surface area contributed by atoms with E-state index in [4.69, 9.17) is 9.15 Å². The molecular weight excluding hydrogens is 278 g/mol. The predicted octanol–water partition coefficient (Wildman–Crippen LogP) is 3.78. The number of ether oxygens (including phenoxy) is 1. The molecule has 1 aliphatic rings. The van der Waals surface area contributed by atoms with E-state index in [1.54, 1.807) is 6.20 Å². The number of hydrogen-bond donors (Lipinski definition) is 0. The number of hydrogen-bond acceptors (Lipinski definition) is 4. The normalized spacial score (nSPS) is 18.9. The van der Waals surface area contributed by atoms with Crippen LogP contribution in [0, 0.1) is 6.92 Å². The molecule has 3 aromatic rings. The van der Waals surface area contributed by atoms with Gasteiger partial charge in [-0.25, -0.2) is 4.98 Å². The molecule has 3 aromatic heterocycles. The van der Waals surface area contributed by atoms with Crippen molar-refractivity contribution in [1.29, 1.82) is 0 Å². The first-order valence-corrected chi connectivity index (χ1v) is 7.73. The number of pyridine rings is 1. The Labute approximate surface area is 128 Å². The van der Waals surface area contributed by atoms with E-state index in [2.05, 4.69) is 17.0 Å². The summed E-state index contributed by atoms with van der Waals surface area (Å²) in [6, 6.07) is 6.04. The molecule has 22 heavy (non-hydrogen) atoms. The first kappa shape index (κ1) is 13.5. The highest BCUT2D eigenvalue weighted by Gasteiger charge is 2.20. The maximum atomic E-state index is 6.01. The molecule has 5 heteroatoms. The minimum absolute atomic E-state index is 0.0886. The first-order chi connectivity index (χ1) is 10.7. The van der Waals surface area contributed by atoms with Crippen LogP contribution in [0.3, 0.4) is 0 Å². The van der Waals surface area contributed by atoms with Gasteiger partial charge in [0.15, 0.2) is 5.76 Å². The van der Waals surface area contributed by atoms with Crippen molar-refractivity contribution < 1.29 is 9.15 Å². The van der Waals surface area contributed by atoms with E-state index in [0.717, 1.165) is 53.3 Å². The van der Waals surface area contributed by atoms with Crippen molar-refractivity contribution in [3.05, 3.63) is 35.7 Å². The van der Waals surface area contributed by atoms with Gasteiger partial charge in [-0.1, -0.05) is 0 Å². The van der Waals surface area contributed by atoms with Crippen LogP contribution in [0.1, 0.15) is 36.7 Å². The van der Waals surface area contributed by atoms with Crippen molar-refractivity contribution in [2.75, 3.05) is 6.61 Å². The third-order valence-corrected chi connectivity index (χ3v) is 4.26. The van der Waals surface area contributed by atoms with E-state index in [0.29, 0.717) is 0 Å². The molecule has 4 rings (SSSR count). The van der Waals surface area contributed by atoms with Crippen molar-refractivity contribution in [2.24, 2.45) is 7.05 Å². The van der Waals surface area contributed by atoms with Gasteiger partial charge in [0.05, 0.1) is 11.7 Å². The summed E-state index contributed by atoms with van der Waals surface area (Å²) in [4.78, 5) is 4.67. The largest absolute Gasteiger partial charge is 0.457 e. The second-order valence-electron chi connectivity index (χ2n) is 5.88.